The van der Waals surface area contributed by atoms with Crippen molar-refractivity contribution < 1.29 is 13.2 Å². The molecule has 16 heavy (non-hydrogen) atoms. The Balaban J connectivity index is 2.71. The summed E-state index contributed by atoms with van der Waals surface area (Å²) < 4.78 is 37.4. The number of rotatable bonds is 0. The first-order valence-corrected chi connectivity index (χ1v) is 4.62. The van der Waals surface area contributed by atoms with E-state index in [0.717, 1.165) is 12.1 Å². The number of fused-ring (bicyclic) bond motifs is 1. The molecule has 0 saturated carbocycles. The van der Waals surface area contributed by atoms with E-state index in [0.29, 0.717) is 16.5 Å². The van der Waals surface area contributed by atoms with Gasteiger partial charge in [0, 0.05) is 11.1 Å². The summed E-state index contributed by atoms with van der Waals surface area (Å²) in [4.78, 5) is 3.99. The summed E-state index contributed by atoms with van der Waals surface area (Å²) in [6.45, 7) is 1.69. The Hall–Kier alpha value is -1.78. The molecule has 2 N–H and O–H groups in total. The van der Waals surface area contributed by atoms with Crippen molar-refractivity contribution in [3.8, 4) is 0 Å². The largest absolute Gasteiger partial charge is 0.416 e. The van der Waals surface area contributed by atoms with Gasteiger partial charge < -0.3 is 5.73 Å². The normalized spacial score (nSPS) is 12.0. The monoisotopic (exact) mass is 226 g/mol. The van der Waals surface area contributed by atoms with E-state index < -0.39 is 11.7 Å². The molecule has 1 aromatic carbocycles. The molecule has 0 aliphatic heterocycles. The quantitative estimate of drug-likeness (QED) is 0.749. The van der Waals surface area contributed by atoms with Crippen LogP contribution in [0.3, 0.4) is 0 Å². The van der Waals surface area contributed by atoms with Crippen LogP contribution in [0.5, 0.6) is 0 Å². The van der Waals surface area contributed by atoms with Gasteiger partial charge in [0.2, 0.25) is 0 Å². The molecule has 0 aliphatic rings. The third kappa shape index (κ3) is 1.80. The van der Waals surface area contributed by atoms with Gasteiger partial charge in [-0.15, -0.1) is 0 Å². The second-order valence-electron chi connectivity index (χ2n) is 3.58. The summed E-state index contributed by atoms with van der Waals surface area (Å²) in [6, 6.07) is 5.02. The molecule has 2 aromatic rings. The van der Waals surface area contributed by atoms with Gasteiger partial charge in [0.05, 0.1) is 5.56 Å². The van der Waals surface area contributed by atoms with Crippen LogP contribution in [0.25, 0.3) is 10.8 Å². The third-order valence-electron chi connectivity index (χ3n) is 2.32. The fraction of sp³-hybridized carbons (Fsp3) is 0.182. The average molecular weight is 226 g/mol. The molecule has 0 unspecified atom stereocenters. The molecule has 1 heterocycles. The molecule has 1 aromatic heterocycles. The number of hydrogen-bond donors (Lipinski definition) is 1. The first kappa shape index (κ1) is 10.7. The van der Waals surface area contributed by atoms with Gasteiger partial charge >= 0.3 is 6.18 Å². The van der Waals surface area contributed by atoms with E-state index in [2.05, 4.69) is 4.98 Å². The maximum atomic E-state index is 12.5. The van der Waals surface area contributed by atoms with E-state index in [1.807, 2.05) is 0 Å². The van der Waals surface area contributed by atoms with Gasteiger partial charge in [-0.2, -0.15) is 13.2 Å². The highest BCUT2D eigenvalue weighted by molar-refractivity contribution is 5.91. The molecule has 2 rings (SSSR count). The predicted molar refractivity (Wildman–Crippen MR) is 55.9 cm³/mol. The summed E-state index contributed by atoms with van der Waals surface area (Å²) in [5.74, 6) is 0.253. The number of halogens is 3. The summed E-state index contributed by atoms with van der Waals surface area (Å²) in [5, 5.41) is 0.999. The number of anilines is 1. The summed E-state index contributed by atoms with van der Waals surface area (Å²) in [5.41, 5.74) is 5.55. The fourth-order valence-electron chi connectivity index (χ4n) is 1.60. The van der Waals surface area contributed by atoms with Crippen LogP contribution in [0.2, 0.25) is 0 Å². The van der Waals surface area contributed by atoms with Crippen molar-refractivity contribution in [1.29, 1.82) is 0 Å². The SMILES string of the molecule is Cc1cc2cc(C(F)(F)F)ccc2c(N)n1. The van der Waals surface area contributed by atoms with Crippen molar-refractivity contribution in [2.45, 2.75) is 13.1 Å². The topological polar surface area (TPSA) is 38.9 Å². The lowest BCUT2D eigenvalue weighted by Gasteiger charge is -2.09. The molecule has 0 aliphatic carbocycles. The Morgan fingerprint density at radius 2 is 1.88 bits per heavy atom. The molecule has 5 heteroatoms. The number of pyridine rings is 1. The second kappa shape index (κ2) is 3.37. The van der Waals surface area contributed by atoms with Crippen molar-refractivity contribution in [1.82, 2.24) is 4.98 Å². The summed E-state index contributed by atoms with van der Waals surface area (Å²) in [6.07, 6.45) is -4.33. The van der Waals surface area contributed by atoms with Gasteiger partial charge in [-0.25, -0.2) is 4.98 Å². The number of aryl methyl sites for hydroxylation is 1. The third-order valence-corrected chi connectivity index (χ3v) is 2.32. The maximum Gasteiger partial charge on any atom is 0.416 e. The molecule has 0 spiro atoms. The molecule has 0 saturated heterocycles. The molecule has 0 fully saturated rings. The van der Waals surface area contributed by atoms with E-state index in [1.54, 1.807) is 13.0 Å². The van der Waals surface area contributed by atoms with E-state index >= 15 is 0 Å². The molecule has 0 atom stereocenters. The van der Waals surface area contributed by atoms with Crippen LogP contribution in [0.1, 0.15) is 11.3 Å². The lowest BCUT2D eigenvalue weighted by Crippen LogP contribution is -2.04. The van der Waals surface area contributed by atoms with E-state index in [1.165, 1.54) is 6.07 Å². The second-order valence-corrected chi connectivity index (χ2v) is 3.58. The van der Waals surface area contributed by atoms with E-state index in [-0.39, 0.29) is 5.82 Å². The van der Waals surface area contributed by atoms with Gasteiger partial charge in [-0.05, 0) is 30.5 Å². The number of nitrogens with zero attached hydrogens (tertiary/aromatic N) is 1. The lowest BCUT2D eigenvalue weighted by atomic mass is 10.1. The van der Waals surface area contributed by atoms with Crippen LogP contribution < -0.4 is 5.73 Å². The van der Waals surface area contributed by atoms with E-state index in [4.69, 9.17) is 5.73 Å². The van der Waals surface area contributed by atoms with Crippen LogP contribution in [0.4, 0.5) is 19.0 Å². The Bertz CT molecular complexity index is 547. The maximum absolute atomic E-state index is 12.5. The predicted octanol–water partition coefficient (Wildman–Crippen LogP) is 3.14. The Morgan fingerprint density at radius 1 is 1.19 bits per heavy atom. The van der Waals surface area contributed by atoms with Gasteiger partial charge in [-0.1, -0.05) is 6.07 Å². The highest BCUT2D eigenvalue weighted by atomic mass is 19.4. The Kier molecular flexibility index (Phi) is 2.26. The zero-order chi connectivity index (χ0) is 11.9. The molecule has 0 amide bonds. The van der Waals surface area contributed by atoms with Crippen molar-refractivity contribution in [3.05, 3.63) is 35.5 Å². The van der Waals surface area contributed by atoms with Crippen LogP contribution in [-0.4, -0.2) is 4.98 Å². The smallest absolute Gasteiger partial charge is 0.383 e. The van der Waals surface area contributed by atoms with Crippen LogP contribution in [-0.2, 0) is 6.18 Å². The summed E-state index contributed by atoms with van der Waals surface area (Å²) >= 11 is 0. The molecular weight excluding hydrogens is 217 g/mol. The Labute approximate surface area is 89.9 Å². The zero-order valence-corrected chi connectivity index (χ0v) is 8.47. The number of alkyl halides is 3. The van der Waals surface area contributed by atoms with Crippen molar-refractivity contribution in [3.63, 3.8) is 0 Å². The number of aromatic nitrogens is 1. The van der Waals surface area contributed by atoms with Crippen molar-refractivity contribution >= 4 is 16.6 Å². The van der Waals surface area contributed by atoms with Crippen molar-refractivity contribution in [2.75, 3.05) is 5.73 Å². The first-order valence-electron chi connectivity index (χ1n) is 4.62. The lowest BCUT2D eigenvalue weighted by molar-refractivity contribution is -0.137. The number of nitrogen functional groups attached to an aromatic ring is 1. The standard InChI is InChI=1S/C11H9F3N2/c1-6-4-7-5-8(11(12,13)14)2-3-9(7)10(15)16-6/h2-5H,1H3,(H2,15,16). The van der Waals surface area contributed by atoms with Gasteiger partial charge in [-0.3, -0.25) is 0 Å². The summed E-state index contributed by atoms with van der Waals surface area (Å²) in [7, 11) is 0. The minimum Gasteiger partial charge on any atom is -0.383 e. The van der Waals surface area contributed by atoms with E-state index in [9.17, 15) is 13.2 Å². The Morgan fingerprint density at radius 3 is 2.50 bits per heavy atom. The number of hydrogen-bond acceptors (Lipinski definition) is 2. The fourth-order valence-corrected chi connectivity index (χ4v) is 1.60. The average Bonchev–Trinajstić information content (AvgIpc) is 2.15. The molecule has 84 valence electrons. The highest BCUT2D eigenvalue weighted by Crippen LogP contribution is 2.32. The van der Waals surface area contributed by atoms with Gasteiger partial charge in [0.15, 0.2) is 0 Å². The van der Waals surface area contributed by atoms with Crippen LogP contribution in [0, 0.1) is 6.92 Å². The minimum absolute atomic E-state index is 0.253. The van der Waals surface area contributed by atoms with Crippen LogP contribution in [0.15, 0.2) is 24.3 Å². The number of nitrogens with two attached hydrogens (primary N) is 1. The van der Waals surface area contributed by atoms with Gasteiger partial charge in [0.25, 0.3) is 0 Å². The molecule has 0 bridgehead atoms. The van der Waals surface area contributed by atoms with Crippen molar-refractivity contribution in [2.24, 2.45) is 0 Å². The number of benzene rings is 1. The zero-order valence-electron chi connectivity index (χ0n) is 8.47. The molecular formula is C11H9F3N2. The van der Waals surface area contributed by atoms with Crippen LogP contribution >= 0.6 is 0 Å². The first-order chi connectivity index (χ1) is 7.38. The minimum atomic E-state index is -4.33. The van der Waals surface area contributed by atoms with Gasteiger partial charge in [0.1, 0.15) is 5.82 Å². The molecule has 2 nitrogen and oxygen atoms in total. The molecule has 0 radical (unpaired) electrons. The highest BCUT2D eigenvalue weighted by Gasteiger charge is 2.30.